The van der Waals surface area contributed by atoms with Gasteiger partial charge >= 0.3 is 0 Å². The summed E-state index contributed by atoms with van der Waals surface area (Å²) in [5, 5.41) is 0. The first-order valence-corrected chi connectivity index (χ1v) is 7.10. The van der Waals surface area contributed by atoms with E-state index in [1.54, 1.807) is 13.0 Å². The first kappa shape index (κ1) is 13.9. The van der Waals surface area contributed by atoms with Crippen LogP contribution in [0.4, 0.5) is 4.39 Å². The lowest BCUT2D eigenvalue weighted by Gasteiger charge is -2.13. The molecule has 0 amide bonds. The molecule has 1 aliphatic heterocycles. The van der Waals surface area contributed by atoms with Crippen LogP contribution in [0.3, 0.4) is 0 Å². The highest BCUT2D eigenvalue weighted by molar-refractivity contribution is 5.46. The fourth-order valence-electron chi connectivity index (χ4n) is 2.48. The van der Waals surface area contributed by atoms with Gasteiger partial charge in [-0.05, 0) is 54.8 Å². The topological polar surface area (TPSA) is 44.5 Å². The summed E-state index contributed by atoms with van der Waals surface area (Å²) >= 11 is 0. The van der Waals surface area contributed by atoms with E-state index < -0.39 is 0 Å². The highest BCUT2D eigenvalue weighted by Crippen LogP contribution is 2.33. The van der Waals surface area contributed by atoms with Crippen LogP contribution in [-0.2, 0) is 12.8 Å². The lowest BCUT2D eigenvalue weighted by molar-refractivity contribution is 0.355. The lowest BCUT2D eigenvalue weighted by atomic mass is 10.1. The predicted octanol–water partition coefficient (Wildman–Crippen LogP) is 3.36. The van der Waals surface area contributed by atoms with Crippen LogP contribution in [0, 0.1) is 12.7 Å². The zero-order valence-electron chi connectivity index (χ0n) is 12.0. The molecule has 0 atom stereocenters. The molecular formula is C17H18FNO2. The summed E-state index contributed by atoms with van der Waals surface area (Å²) in [6, 6.07) is 9.03. The van der Waals surface area contributed by atoms with Gasteiger partial charge in [0.1, 0.15) is 23.1 Å². The third-order valence-electron chi connectivity index (χ3n) is 3.65. The van der Waals surface area contributed by atoms with Gasteiger partial charge in [0.25, 0.3) is 0 Å². The van der Waals surface area contributed by atoms with Gasteiger partial charge in [0.15, 0.2) is 0 Å². The summed E-state index contributed by atoms with van der Waals surface area (Å²) in [5.74, 6) is 1.98. The molecule has 2 aromatic rings. The smallest absolute Gasteiger partial charge is 0.131 e. The molecule has 0 unspecified atom stereocenters. The largest absolute Gasteiger partial charge is 0.493 e. The number of fused-ring (bicyclic) bond motifs is 1. The Morgan fingerprint density at radius 2 is 2.14 bits per heavy atom. The van der Waals surface area contributed by atoms with Crippen LogP contribution < -0.4 is 15.2 Å². The van der Waals surface area contributed by atoms with Gasteiger partial charge in [-0.25, -0.2) is 4.39 Å². The minimum absolute atomic E-state index is 0.233. The van der Waals surface area contributed by atoms with E-state index in [0.717, 1.165) is 17.7 Å². The third kappa shape index (κ3) is 2.85. The van der Waals surface area contributed by atoms with Gasteiger partial charge in [0.2, 0.25) is 0 Å². The normalized spacial score (nSPS) is 12.9. The molecule has 0 bridgehead atoms. The van der Waals surface area contributed by atoms with E-state index in [4.69, 9.17) is 15.2 Å². The van der Waals surface area contributed by atoms with Crippen LogP contribution in [0.2, 0.25) is 0 Å². The van der Waals surface area contributed by atoms with Crippen molar-refractivity contribution >= 4 is 0 Å². The number of aryl methyl sites for hydroxylation is 1. The Morgan fingerprint density at radius 1 is 1.29 bits per heavy atom. The van der Waals surface area contributed by atoms with Gasteiger partial charge in [-0.3, -0.25) is 0 Å². The SMILES string of the molecule is Cc1cc(Oc2ccc3c(c2)OCC3)c(CCN)cc1F. The first-order chi connectivity index (χ1) is 10.2. The van der Waals surface area contributed by atoms with Crippen LogP contribution in [-0.4, -0.2) is 13.2 Å². The Bertz CT molecular complexity index is 670. The van der Waals surface area contributed by atoms with E-state index in [-0.39, 0.29) is 5.82 Å². The van der Waals surface area contributed by atoms with Crippen molar-refractivity contribution in [3.05, 3.63) is 52.8 Å². The fraction of sp³-hybridized carbons (Fsp3) is 0.294. The minimum atomic E-state index is -0.233. The standard InChI is InChI=1S/C17H18FNO2/c1-11-8-17(13(4-6-19)9-15(11)18)21-14-3-2-12-5-7-20-16(12)10-14/h2-3,8-10H,4-7,19H2,1H3. The number of nitrogens with two attached hydrogens (primary N) is 1. The van der Waals surface area contributed by atoms with E-state index in [0.29, 0.717) is 36.6 Å². The van der Waals surface area contributed by atoms with Crippen LogP contribution in [0.5, 0.6) is 17.2 Å². The molecule has 0 aliphatic carbocycles. The van der Waals surface area contributed by atoms with Gasteiger partial charge in [-0.1, -0.05) is 6.07 Å². The van der Waals surface area contributed by atoms with E-state index in [2.05, 4.69) is 0 Å². The van der Waals surface area contributed by atoms with E-state index in [9.17, 15) is 4.39 Å². The Balaban J connectivity index is 1.91. The molecule has 0 radical (unpaired) electrons. The summed E-state index contributed by atoms with van der Waals surface area (Å²) in [4.78, 5) is 0. The fourth-order valence-corrected chi connectivity index (χ4v) is 2.48. The van der Waals surface area contributed by atoms with Crippen molar-refractivity contribution in [3.8, 4) is 17.2 Å². The maximum Gasteiger partial charge on any atom is 0.131 e. The maximum atomic E-state index is 13.7. The molecule has 0 saturated heterocycles. The molecule has 4 heteroatoms. The summed E-state index contributed by atoms with van der Waals surface area (Å²) < 4.78 is 25.1. The van der Waals surface area contributed by atoms with Crippen molar-refractivity contribution in [2.45, 2.75) is 19.8 Å². The second-order valence-electron chi connectivity index (χ2n) is 5.22. The second kappa shape index (κ2) is 5.74. The highest BCUT2D eigenvalue weighted by atomic mass is 19.1. The Kier molecular flexibility index (Phi) is 3.80. The monoisotopic (exact) mass is 287 g/mol. The Morgan fingerprint density at radius 3 is 2.95 bits per heavy atom. The molecule has 2 aromatic carbocycles. The van der Waals surface area contributed by atoms with Crippen molar-refractivity contribution in [1.82, 2.24) is 0 Å². The highest BCUT2D eigenvalue weighted by Gasteiger charge is 2.14. The number of benzene rings is 2. The zero-order valence-corrected chi connectivity index (χ0v) is 12.0. The number of hydrogen-bond donors (Lipinski definition) is 1. The Labute approximate surface area is 123 Å². The van der Waals surface area contributed by atoms with Gasteiger partial charge in [-0.2, -0.15) is 0 Å². The molecule has 1 heterocycles. The van der Waals surface area contributed by atoms with Gasteiger partial charge in [0.05, 0.1) is 6.61 Å². The Hall–Kier alpha value is -2.07. The van der Waals surface area contributed by atoms with E-state index >= 15 is 0 Å². The molecule has 0 fully saturated rings. The van der Waals surface area contributed by atoms with Crippen LogP contribution >= 0.6 is 0 Å². The van der Waals surface area contributed by atoms with E-state index in [1.807, 2.05) is 18.2 Å². The van der Waals surface area contributed by atoms with Crippen molar-refractivity contribution in [2.24, 2.45) is 5.73 Å². The zero-order chi connectivity index (χ0) is 14.8. The summed E-state index contributed by atoms with van der Waals surface area (Å²) in [6.07, 6.45) is 1.51. The second-order valence-corrected chi connectivity index (χ2v) is 5.22. The van der Waals surface area contributed by atoms with E-state index in [1.165, 1.54) is 11.6 Å². The summed E-state index contributed by atoms with van der Waals surface area (Å²) in [5.41, 5.74) is 8.12. The van der Waals surface area contributed by atoms with Gasteiger partial charge in [-0.15, -0.1) is 0 Å². The minimum Gasteiger partial charge on any atom is -0.493 e. The van der Waals surface area contributed by atoms with Crippen molar-refractivity contribution in [3.63, 3.8) is 0 Å². The first-order valence-electron chi connectivity index (χ1n) is 7.10. The van der Waals surface area contributed by atoms with Crippen molar-refractivity contribution in [1.29, 1.82) is 0 Å². The molecule has 110 valence electrons. The molecule has 3 nitrogen and oxygen atoms in total. The molecule has 0 spiro atoms. The number of rotatable bonds is 4. The van der Waals surface area contributed by atoms with Crippen molar-refractivity contribution < 1.29 is 13.9 Å². The van der Waals surface area contributed by atoms with Crippen LogP contribution in [0.15, 0.2) is 30.3 Å². The molecule has 2 N–H and O–H groups in total. The van der Waals surface area contributed by atoms with Crippen LogP contribution in [0.1, 0.15) is 16.7 Å². The average Bonchev–Trinajstić information content (AvgIpc) is 2.92. The molecular weight excluding hydrogens is 269 g/mol. The number of hydrogen-bond acceptors (Lipinski definition) is 3. The van der Waals surface area contributed by atoms with Gasteiger partial charge < -0.3 is 15.2 Å². The number of halogens is 1. The van der Waals surface area contributed by atoms with Crippen LogP contribution in [0.25, 0.3) is 0 Å². The van der Waals surface area contributed by atoms with Gasteiger partial charge in [0, 0.05) is 12.5 Å². The maximum absolute atomic E-state index is 13.7. The molecule has 21 heavy (non-hydrogen) atoms. The lowest BCUT2D eigenvalue weighted by Crippen LogP contribution is -2.05. The molecule has 3 rings (SSSR count). The third-order valence-corrected chi connectivity index (χ3v) is 3.65. The molecule has 0 aromatic heterocycles. The predicted molar refractivity (Wildman–Crippen MR) is 79.6 cm³/mol. The average molecular weight is 287 g/mol. The number of ether oxygens (including phenoxy) is 2. The molecule has 1 aliphatic rings. The molecule has 0 saturated carbocycles. The van der Waals surface area contributed by atoms with Crippen molar-refractivity contribution in [2.75, 3.05) is 13.2 Å². The quantitative estimate of drug-likeness (QED) is 0.937. The summed E-state index contributed by atoms with van der Waals surface area (Å²) in [6.45, 7) is 2.89. The summed E-state index contributed by atoms with van der Waals surface area (Å²) in [7, 11) is 0.